The number of benzene rings is 1. The Kier molecular flexibility index (Phi) is 4.25. The average Bonchev–Trinajstić information content (AvgIpc) is 2.54. The summed E-state index contributed by atoms with van der Waals surface area (Å²) in [4.78, 5) is 13.8. The van der Waals surface area contributed by atoms with Crippen molar-refractivity contribution >= 4 is 5.97 Å². The van der Waals surface area contributed by atoms with E-state index in [2.05, 4.69) is 4.90 Å². The standard InChI is InChI=1S/C17H23NO4/c1-2-17(16(19)20)8-5-9-18(12-17)10-13-11-21-14-6-3-4-7-15(14)22-13/h3-4,6-7,13H,2,5,8-12H2,1H3,(H,19,20). The molecule has 1 fully saturated rings. The number of piperidine rings is 1. The summed E-state index contributed by atoms with van der Waals surface area (Å²) < 4.78 is 11.7. The van der Waals surface area contributed by atoms with Gasteiger partial charge in [0.2, 0.25) is 0 Å². The molecule has 5 heteroatoms. The Morgan fingerprint density at radius 3 is 2.91 bits per heavy atom. The molecular formula is C17H23NO4. The van der Waals surface area contributed by atoms with E-state index >= 15 is 0 Å². The van der Waals surface area contributed by atoms with Gasteiger partial charge in [-0.15, -0.1) is 0 Å². The molecule has 0 radical (unpaired) electrons. The fourth-order valence-corrected chi connectivity index (χ4v) is 3.44. The first-order chi connectivity index (χ1) is 10.6. The van der Waals surface area contributed by atoms with Crippen LogP contribution >= 0.6 is 0 Å². The fourth-order valence-electron chi connectivity index (χ4n) is 3.44. The van der Waals surface area contributed by atoms with Crippen LogP contribution in [0.1, 0.15) is 26.2 Å². The van der Waals surface area contributed by atoms with Gasteiger partial charge in [0.05, 0.1) is 5.41 Å². The Balaban J connectivity index is 1.63. The predicted octanol–water partition coefficient (Wildman–Crippen LogP) is 2.40. The second kappa shape index (κ2) is 6.16. The highest BCUT2D eigenvalue weighted by molar-refractivity contribution is 5.75. The number of carboxylic acids is 1. The van der Waals surface area contributed by atoms with Crippen LogP contribution in [0.4, 0.5) is 0 Å². The van der Waals surface area contributed by atoms with Crippen molar-refractivity contribution < 1.29 is 19.4 Å². The minimum atomic E-state index is -0.675. The van der Waals surface area contributed by atoms with Crippen molar-refractivity contribution in [1.29, 1.82) is 0 Å². The van der Waals surface area contributed by atoms with Gasteiger partial charge in [0.15, 0.2) is 11.5 Å². The molecule has 1 saturated heterocycles. The lowest BCUT2D eigenvalue weighted by molar-refractivity contribution is -0.153. The molecular weight excluding hydrogens is 282 g/mol. The number of carboxylic acid groups (broad SMARTS) is 1. The van der Waals surface area contributed by atoms with E-state index in [1.54, 1.807) is 0 Å². The van der Waals surface area contributed by atoms with Gasteiger partial charge in [-0.05, 0) is 37.9 Å². The third-order valence-electron chi connectivity index (χ3n) is 4.82. The lowest BCUT2D eigenvalue weighted by Gasteiger charge is -2.41. The third kappa shape index (κ3) is 2.90. The summed E-state index contributed by atoms with van der Waals surface area (Å²) in [5.74, 6) is 0.882. The van der Waals surface area contributed by atoms with E-state index in [0.717, 1.165) is 30.9 Å². The zero-order valence-corrected chi connectivity index (χ0v) is 13.0. The number of ether oxygens (including phenoxy) is 2. The Hall–Kier alpha value is -1.75. The number of aliphatic carboxylic acids is 1. The summed E-state index contributed by atoms with van der Waals surface area (Å²) in [7, 11) is 0. The second-order valence-electron chi connectivity index (χ2n) is 6.28. The van der Waals surface area contributed by atoms with E-state index in [4.69, 9.17) is 9.47 Å². The van der Waals surface area contributed by atoms with E-state index in [-0.39, 0.29) is 6.10 Å². The number of carbonyl (C=O) groups is 1. The molecule has 120 valence electrons. The maximum Gasteiger partial charge on any atom is 0.310 e. The minimum absolute atomic E-state index is 0.0450. The minimum Gasteiger partial charge on any atom is -0.486 e. The molecule has 2 aliphatic heterocycles. The molecule has 2 heterocycles. The first-order valence-electron chi connectivity index (χ1n) is 7.97. The van der Waals surface area contributed by atoms with Gasteiger partial charge in [-0.2, -0.15) is 0 Å². The molecule has 1 aromatic carbocycles. The van der Waals surface area contributed by atoms with Gasteiger partial charge < -0.3 is 14.6 Å². The van der Waals surface area contributed by atoms with Crippen LogP contribution in [0.2, 0.25) is 0 Å². The first kappa shape index (κ1) is 15.2. The SMILES string of the molecule is CCC1(C(=O)O)CCCN(CC2COc3ccccc3O2)C1. The third-order valence-corrected chi connectivity index (χ3v) is 4.82. The van der Waals surface area contributed by atoms with E-state index in [0.29, 0.717) is 26.1 Å². The molecule has 2 unspecified atom stereocenters. The van der Waals surface area contributed by atoms with Crippen molar-refractivity contribution in [2.45, 2.75) is 32.3 Å². The van der Waals surface area contributed by atoms with E-state index in [1.807, 2.05) is 31.2 Å². The molecule has 0 saturated carbocycles. The van der Waals surface area contributed by atoms with Crippen LogP contribution < -0.4 is 9.47 Å². The summed E-state index contributed by atoms with van der Waals surface area (Å²) in [6.07, 6.45) is 2.31. The largest absolute Gasteiger partial charge is 0.486 e. The van der Waals surface area contributed by atoms with E-state index < -0.39 is 11.4 Å². The Labute approximate surface area is 130 Å². The van der Waals surface area contributed by atoms with Crippen molar-refractivity contribution in [2.24, 2.45) is 5.41 Å². The van der Waals surface area contributed by atoms with Gasteiger partial charge >= 0.3 is 5.97 Å². The number of nitrogens with zero attached hydrogens (tertiary/aromatic N) is 1. The fraction of sp³-hybridized carbons (Fsp3) is 0.588. The molecule has 1 N–H and O–H groups in total. The monoisotopic (exact) mass is 305 g/mol. The molecule has 0 aromatic heterocycles. The van der Waals surface area contributed by atoms with Crippen LogP contribution in [0.3, 0.4) is 0 Å². The number of likely N-dealkylation sites (tertiary alicyclic amines) is 1. The summed E-state index contributed by atoms with van der Waals surface area (Å²) >= 11 is 0. The highest BCUT2D eigenvalue weighted by Gasteiger charge is 2.41. The second-order valence-corrected chi connectivity index (χ2v) is 6.28. The predicted molar refractivity (Wildman–Crippen MR) is 82.4 cm³/mol. The van der Waals surface area contributed by atoms with E-state index in [9.17, 15) is 9.90 Å². The highest BCUT2D eigenvalue weighted by Crippen LogP contribution is 2.35. The van der Waals surface area contributed by atoms with Crippen LogP contribution in [0, 0.1) is 5.41 Å². The number of rotatable bonds is 4. The lowest BCUT2D eigenvalue weighted by Crippen LogP contribution is -2.51. The van der Waals surface area contributed by atoms with E-state index in [1.165, 1.54) is 0 Å². The Morgan fingerprint density at radius 1 is 1.41 bits per heavy atom. The van der Waals surface area contributed by atoms with Gasteiger partial charge in [0, 0.05) is 13.1 Å². The molecule has 0 bridgehead atoms. The van der Waals surface area contributed by atoms with Crippen LogP contribution in [0.15, 0.2) is 24.3 Å². The average molecular weight is 305 g/mol. The smallest absolute Gasteiger partial charge is 0.310 e. The highest BCUT2D eigenvalue weighted by atomic mass is 16.6. The molecule has 2 aliphatic rings. The van der Waals surface area contributed by atoms with Crippen molar-refractivity contribution in [3.8, 4) is 11.5 Å². The number of hydrogen-bond donors (Lipinski definition) is 1. The molecule has 2 atom stereocenters. The van der Waals surface area contributed by atoms with Crippen molar-refractivity contribution in [1.82, 2.24) is 4.90 Å². The van der Waals surface area contributed by atoms with Gasteiger partial charge in [0.25, 0.3) is 0 Å². The molecule has 5 nitrogen and oxygen atoms in total. The van der Waals surface area contributed by atoms with Crippen molar-refractivity contribution in [3.63, 3.8) is 0 Å². The van der Waals surface area contributed by atoms with Crippen molar-refractivity contribution in [3.05, 3.63) is 24.3 Å². The molecule has 22 heavy (non-hydrogen) atoms. The molecule has 1 aromatic rings. The molecule has 0 amide bonds. The number of para-hydroxylation sites is 2. The maximum absolute atomic E-state index is 11.6. The Morgan fingerprint density at radius 2 is 2.18 bits per heavy atom. The van der Waals surface area contributed by atoms with Crippen LogP contribution in [-0.2, 0) is 4.79 Å². The number of hydrogen-bond acceptors (Lipinski definition) is 4. The van der Waals surface area contributed by atoms with Crippen LogP contribution in [-0.4, -0.2) is 48.3 Å². The number of fused-ring (bicyclic) bond motifs is 1. The maximum atomic E-state index is 11.6. The van der Waals surface area contributed by atoms with Crippen LogP contribution in [0.5, 0.6) is 11.5 Å². The quantitative estimate of drug-likeness (QED) is 0.925. The molecule has 0 spiro atoms. The lowest BCUT2D eigenvalue weighted by atomic mass is 9.77. The summed E-state index contributed by atoms with van der Waals surface area (Å²) in [6.45, 7) is 4.72. The van der Waals surface area contributed by atoms with Gasteiger partial charge in [0.1, 0.15) is 12.7 Å². The Bertz CT molecular complexity index is 547. The molecule has 3 rings (SSSR count). The van der Waals surface area contributed by atoms with Gasteiger partial charge in [-0.1, -0.05) is 19.1 Å². The van der Waals surface area contributed by atoms with Gasteiger partial charge in [-0.25, -0.2) is 0 Å². The van der Waals surface area contributed by atoms with Gasteiger partial charge in [-0.3, -0.25) is 9.69 Å². The van der Waals surface area contributed by atoms with Crippen molar-refractivity contribution in [2.75, 3.05) is 26.2 Å². The summed E-state index contributed by atoms with van der Waals surface area (Å²) in [5.41, 5.74) is -0.605. The topological polar surface area (TPSA) is 59.0 Å². The zero-order chi connectivity index (χ0) is 15.6. The van der Waals surface area contributed by atoms with Crippen LogP contribution in [0.25, 0.3) is 0 Å². The summed E-state index contributed by atoms with van der Waals surface area (Å²) in [5, 5.41) is 9.56. The summed E-state index contributed by atoms with van der Waals surface area (Å²) in [6, 6.07) is 7.66. The molecule has 0 aliphatic carbocycles. The first-order valence-corrected chi connectivity index (χ1v) is 7.97. The normalized spacial score (nSPS) is 28.3. The zero-order valence-electron chi connectivity index (χ0n) is 13.0.